The van der Waals surface area contributed by atoms with Crippen LogP contribution in [0.1, 0.15) is 10.5 Å². The molecule has 0 aliphatic heterocycles. The summed E-state index contributed by atoms with van der Waals surface area (Å²) < 4.78 is 29.6. The molecule has 38 heavy (non-hydrogen) atoms. The third kappa shape index (κ3) is 3.46. The predicted octanol–water partition coefficient (Wildman–Crippen LogP) is 3.21. The maximum Gasteiger partial charge on any atom is 0.269 e. The van der Waals surface area contributed by atoms with Crippen molar-refractivity contribution >= 4 is 33.6 Å². The number of methoxy groups -OCH3 is 1. The molecule has 4 N–H and O–H groups in total. The molecule has 0 saturated heterocycles. The highest BCUT2D eigenvalue weighted by Crippen LogP contribution is 2.36. The topological polar surface area (TPSA) is 157 Å². The van der Waals surface area contributed by atoms with Gasteiger partial charge in [0.2, 0.25) is 0 Å². The number of pyridine rings is 2. The van der Waals surface area contributed by atoms with Gasteiger partial charge in [-0.15, -0.1) is 0 Å². The lowest BCUT2D eigenvalue weighted by Crippen LogP contribution is -2.15. The van der Waals surface area contributed by atoms with Crippen molar-refractivity contribution in [2.75, 3.05) is 12.8 Å². The van der Waals surface area contributed by atoms with E-state index in [-0.39, 0.29) is 45.0 Å². The standard InChI is InChI=1S/C26H18FN7O4/c1-37-20-11-19-16(25(28)32-38-19)10-18(20)34-24-15(23(31-34)26(29)36)7-6-14(22(24)27)17-8-5-13(12-30-17)33-9-3-2-4-21(33)35/h2-12H,1H3,(H2,28,32)(H2,29,36). The number of ether oxygens (including phenoxy) is 1. The van der Waals surface area contributed by atoms with Crippen LogP contribution in [0.15, 0.2) is 76.3 Å². The van der Waals surface area contributed by atoms with Gasteiger partial charge in [-0.1, -0.05) is 11.2 Å². The maximum absolute atomic E-state index is 16.2. The van der Waals surface area contributed by atoms with Gasteiger partial charge < -0.3 is 20.7 Å². The van der Waals surface area contributed by atoms with E-state index in [0.29, 0.717) is 22.4 Å². The molecule has 188 valence electrons. The normalized spacial score (nSPS) is 11.3. The SMILES string of the molecule is COc1cc2onc(N)c2cc1-n1nc(C(N)=O)c2ccc(-c3ccc(-n4ccccc4=O)cn3)c(F)c21. The number of fused-ring (bicyclic) bond motifs is 2. The molecule has 0 aliphatic rings. The van der Waals surface area contributed by atoms with E-state index in [1.165, 1.54) is 34.7 Å². The van der Waals surface area contributed by atoms with Gasteiger partial charge >= 0.3 is 0 Å². The molecule has 2 aromatic carbocycles. The summed E-state index contributed by atoms with van der Waals surface area (Å²) >= 11 is 0. The van der Waals surface area contributed by atoms with Crippen LogP contribution in [0.2, 0.25) is 0 Å². The second-order valence-electron chi connectivity index (χ2n) is 8.35. The Labute approximate surface area is 212 Å². The summed E-state index contributed by atoms with van der Waals surface area (Å²) in [5, 5.41) is 8.72. The Kier molecular flexibility index (Phi) is 5.16. The third-order valence-corrected chi connectivity index (χ3v) is 6.17. The van der Waals surface area contributed by atoms with Crippen LogP contribution in [0.5, 0.6) is 5.75 Å². The molecule has 6 rings (SSSR count). The minimum Gasteiger partial charge on any atom is -0.494 e. The first-order chi connectivity index (χ1) is 18.4. The number of halogens is 1. The first kappa shape index (κ1) is 22.9. The van der Waals surface area contributed by atoms with E-state index in [2.05, 4.69) is 15.2 Å². The van der Waals surface area contributed by atoms with Crippen molar-refractivity contribution < 1.29 is 18.4 Å². The van der Waals surface area contributed by atoms with Crippen LogP contribution >= 0.6 is 0 Å². The molecule has 12 heteroatoms. The molecule has 0 spiro atoms. The second-order valence-corrected chi connectivity index (χ2v) is 8.35. The second kappa shape index (κ2) is 8.55. The van der Waals surface area contributed by atoms with E-state index in [9.17, 15) is 9.59 Å². The number of nitrogen functional groups attached to an aromatic ring is 1. The number of hydrogen-bond acceptors (Lipinski definition) is 8. The Morgan fingerprint density at radius 3 is 2.66 bits per heavy atom. The average molecular weight is 511 g/mol. The van der Waals surface area contributed by atoms with Gasteiger partial charge in [-0.2, -0.15) is 5.10 Å². The number of carbonyl (C=O) groups is 1. The number of nitrogens with zero attached hydrogens (tertiary/aromatic N) is 5. The summed E-state index contributed by atoms with van der Waals surface area (Å²) in [6.07, 6.45) is 3.08. The Morgan fingerprint density at radius 1 is 1.11 bits per heavy atom. The lowest BCUT2D eigenvalue weighted by atomic mass is 10.1. The molecule has 0 bridgehead atoms. The number of carbonyl (C=O) groups excluding carboxylic acids is 1. The molecular formula is C26H18FN7O4. The van der Waals surface area contributed by atoms with Crippen molar-refractivity contribution in [3.8, 4) is 28.4 Å². The lowest BCUT2D eigenvalue weighted by molar-refractivity contribution is 0.0996. The third-order valence-electron chi connectivity index (χ3n) is 6.17. The minimum atomic E-state index is -0.832. The van der Waals surface area contributed by atoms with Crippen LogP contribution in [0, 0.1) is 5.82 Å². The molecule has 1 amide bonds. The quantitative estimate of drug-likeness (QED) is 0.357. The molecule has 0 unspecified atom stereocenters. The van der Waals surface area contributed by atoms with Gasteiger partial charge in [-0.25, -0.2) is 9.07 Å². The number of amides is 1. The highest BCUT2D eigenvalue weighted by Gasteiger charge is 2.24. The largest absolute Gasteiger partial charge is 0.494 e. The number of hydrogen-bond donors (Lipinski definition) is 2. The van der Waals surface area contributed by atoms with E-state index in [4.69, 9.17) is 20.7 Å². The van der Waals surface area contributed by atoms with Crippen LogP contribution in [0.4, 0.5) is 10.2 Å². The Hall–Kier alpha value is -5.52. The number of aromatic nitrogens is 5. The average Bonchev–Trinajstić information content (AvgIpc) is 3.49. The number of nitrogens with two attached hydrogens (primary N) is 2. The highest BCUT2D eigenvalue weighted by atomic mass is 19.1. The van der Waals surface area contributed by atoms with Gasteiger partial charge in [0.25, 0.3) is 11.5 Å². The van der Waals surface area contributed by atoms with Crippen molar-refractivity contribution in [2.24, 2.45) is 5.73 Å². The van der Waals surface area contributed by atoms with Crippen LogP contribution in [-0.2, 0) is 0 Å². The summed E-state index contributed by atoms with van der Waals surface area (Å²) in [6, 6.07) is 14.2. The van der Waals surface area contributed by atoms with Gasteiger partial charge in [0, 0.05) is 29.3 Å². The smallest absolute Gasteiger partial charge is 0.269 e. The van der Waals surface area contributed by atoms with Gasteiger partial charge in [0.1, 0.15) is 17.0 Å². The van der Waals surface area contributed by atoms with Crippen molar-refractivity contribution in [1.82, 2.24) is 24.5 Å². The monoisotopic (exact) mass is 511 g/mol. The van der Waals surface area contributed by atoms with Crippen LogP contribution in [0.3, 0.4) is 0 Å². The fraction of sp³-hybridized carbons (Fsp3) is 0.0385. The molecule has 6 aromatic rings. The molecule has 11 nitrogen and oxygen atoms in total. The van der Waals surface area contributed by atoms with E-state index >= 15 is 4.39 Å². The molecular weight excluding hydrogens is 493 g/mol. The zero-order valence-electron chi connectivity index (χ0n) is 19.8. The van der Waals surface area contributed by atoms with Crippen LogP contribution in [-0.4, -0.2) is 37.5 Å². The number of rotatable bonds is 5. The van der Waals surface area contributed by atoms with Gasteiger partial charge in [0.15, 0.2) is 22.9 Å². The zero-order valence-corrected chi connectivity index (χ0v) is 19.8. The van der Waals surface area contributed by atoms with Crippen molar-refractivity contribution in [1.29, 1.82) is 0 Å². The summed E-state index contributed by atoms with van der Waals surface area (Å²) in [4.78, 5) is 28.7. The summed E-state index contributed by atoms with van der Waals surface area (Å²) in [6.45, 7) is 0. The van der Waals surface area contributed by atoms with E-state index in [1.807, 2.05) is 0 Å². The molecule has 4 aromatic heterocycles. The Balaban J connectivity index is 1.57. The number of primary amides is 1. The van der Waals surface area contributed by atoms with E-state index in [1.54, 1.807) is 48.7 Å². The maximum atomic E-state index is 16.2. The molecule has 0 fully saturated rings. The molecule has 0 saturated carbocycles. The lowest BCUT2D eigenvalue weighted by Gasteiger charge is -2.11. The van der Waals surface area contributed by atoms with Crippen LogP contribution < -0.4 is 21.8 Å². The molecule has 0 aliphatic carbocycles. The minimum absolute atomic E-state index is 0.0193. The van der Waals surface area contributed by atoms with Gasteiger partial charge in [-0.05, 0) is 36.4 Å². The predicted molar refractivity (Wildman–Crippen MR) is 137 cm³/mol. The number of benzene rings is 2. The summed E-state index contributed by atoms with van der Waals surface area (Å²) in [5.74, 6) is -1.13. The molecule has 4 heterocycles. The zero-order chi connectivity index (χ0) is 26.6. The van der Waals surface area contributed by atoms with E-state index < -0.39 is 11.7 Å². The summed E-state index contributed by atoms with van der Waals surface area (Å²) in [5.41, 5.74) is 12.7. The van der Waals surface area contributed by atoms with Crippen molar-refractivity contribution in [2.45, 2.75) is 0 Å². The number of anilines is 1. The first-order valence-corrected chi connectivity index (χ1v) is 11.3. The van der Waals surface area contributed by atoms with Crippen molar-refractivity contribution in [3.05, 3.63) is 88.9 Å². The van der Waals surface area contributed by atoms with Crippen LogP contribution in [0.25, 0.3) is 44.5 Å². The molecule has 0 atom stereocenters. The first-order valence-electron chi connectivity index (χ1n) is 11.3. The Bertz CT molecular complexity index is 1940. The van der Waals surface area contributed by atoms with E-state index in [0.717, 1.165) is 0 Å². The van der Waals surface area contributed by atoms with Crippen molar-refractivity contribution in [3.63, 3.8) is 0 Å². The highest BCUT2D eigenvalue weighted by molar-refractivity contribution is 6.05. The molecule has 0 radical (unpaired) electrons. The summed E-state index contributed by atoms with van der Waals surface area (Å²) in [7, 11) is 1.43. The van der Waals surface area contributed by atoms with Gasteiger partial charge in [0.05, 0.1) is 30.1 Å². The fourth-order valence-electron chi connectivity index (χ4n) is 4.35. The fourth-order valence-corrected chi connectivity index (χ4v) is 4.35. The Morgan fingerprint density at radius 2 is 1.95 bits per heavy atom. The van der Waals surface area contributed by atoms with Gasteiger partial charge in [-0.3, -0.25) is 19.1 Å².